The average Bonchev–Trinajstić information content (AvgIpc) is 3.22. The van der Waals surface area contributed by atoms with Crippen LogP contribution in [0.1, 0.15) is 12.5 Å². The van der Waals surface area contributed by atoms with Gasteiger partial charge >= 0.3 is 0 Å². The monoisotopic (exact) mass is 441 g/mol. The summed E-state index contributed by atoms with van der Waals surface area (Å²) in [7, 11) is 1.60. The van der Waals surface area contributed by atoms with Gasteiger partial charge in [-0.2, -0.15) is 4.98 Å². The molecule has 0 saturated heterocycles. The van der Waals surface area contributed by atoms with Crippen LogP contribution in [0.2, 0.25) is 0 Å². The third-order valence-electron chi connectivity index (χ3n) is 4.32. The van der Waals surface area contributed by atoms with Crippen LogP contribution < -0.4 is 15.4 Å². The zero-order valence-corrected chi connectivity index (χ0v) is 16.4. The largest absolute Gasteiger partial charge is 0.497 e. The van der Waals surface area contributed by atoms with Gasteiger partial charge in [0.2, 0.25) is 11.9 Å². The minimum atomic E-state index is -0.745. The minimum absolute atomic E-state index is 0.0414. The third-order valence-corrected chi connectivity index (χ3v) is 4.85. The zero-order chi connectivity index (χ0) is 19.7. The van der Waals surface area contributed by atoms with E-state index in [2.05, 4.69) is 36.6 Å². The topological polar surface area (TPSA) is 98.1 Å². The van der Waals surface area contributed by atoms with E-state index < -0.39 is 6.04 Å². The van der Waals surface area contributed by atoms with Crippen molar-refractivity contribution in [3.05, 3.63) is 53.0 Å². The molecule has 1 aromatic heterocycles. The first-order valence-electron chi connectivity index (χ1n) is 8.51. The fourth-order valence-electron chi connectivity index (χ4n) is 2.89. The number of aromatic nitrogens is 3. The molecule has 0 aliphatic carbocycles. The summed E-state index contributed by atoms with van der Waals surface area (Å²) in [6.07, 6.45) is -0.0414. The Morgan fingerprint density at radius 2 is 1.93 bits per heavy atom. The van der Waals surface area contributed by atoms with E-state index in [0.29, 0.717) is 17.5 Å². The second-order valence-corrected chi connectivity index (χ2v) is 7.11. The number of ether oxygens (including phenoxy) is 1. The van der Waals surface area contributed by atoms with Gasteiger partial charge < -0.3 is 10.1 Å². The van der Waals surface area contributed by atoms with Gasteiger partial charge in [0.15, 0.2) is 5.82 Å². The fourth-order valence-corrected chi connectivity index (χ4v) is 3.16. The Morgan fingerprint density at radius 1 is 1.21 bits per heavy atom. The van der Waals surface area contributed by atoms with Crippen molar-refractivity contribution in [2.45, 2.75) is 12.5 Å². The first kappa shape index (κ1) is 18.2. The number of nitrogens with one attached hydrogen (secondary N) is 2. The van der Waals surface area contributed by atoms with Crippen LogP contribution in [0.5, 0.6) is 5.75 Å². The molecule has 2 amide bonds. The number of fused-ring (bicyclic) bond motifs is 1. The van der Waals surface area contributed by atoms with E-state index in [-0.39, 0.29) is 18.2 Å². The molecule has 28 heavy (non-hydrogen) atoms. The lowest BCUT2D eigenvalue weighted by Gasteiger charge is -2.10. The normalized spacial score (nSPS) is 15.1. The summed E-state index contributed by atoms with van der Waals surface area (Å²) in [6.45, 7) is 0. The Labute approximate surface area is 169 Å². The van der Waals surface area contributed by atoms with Gasteiger partial charge in [0.1, 0.15) is 11.8 Å². The highest BCUT2D eigenvalue weighted by atomic mass is 79.9. The van der Waals surface area contributed by atoms with Gasteiger partial charge in [-0.1, -0.05) is 15.9 Å². The molecule has 0 saturated carbocycles. The number of rotatable bonds is 5. The predicted molar refractivity (Wildman–Crippen MR) is 107 cm³/mol. The summed E-state index contributed by atoms with van der Waals surface area (Å²) in [6, 6.07) is 13.8. The van der Waals surface area contributed by atoms with Gasteiger partial charge in [-0.05, 0) is 48.5 Å². The Bertz CT molecular complexity index is 1030. The van der Waals surface area contributed by atoms with Crippen LogP contribution in [0.25, 0.3) is 11.4 Å². The fraction of sp³-hybridized carbons (Fsp3) is 0.158. The second kappa shape index (κ2) is 7.43. The molecule has 1 aliphatic heterocycles. The average molecular weight is 442 g/mol. The molecule has 142 valence electrons. The van der Waals surface area contributed by atoms with Crippen LogP contribution in [0.15, 0.2) is 53.0 Å². The molecule has 1 aliphatic rings. The highest BCUT2D eigenvalue weighted by molar-refractivity contribution is 9.10. The first-order chi connectivity index (χ1) is 13.5. The first-order valence-corrected chi connectivity index (χ1v) is 9.30. The van der Waals surface area contributed by atoms with Crippen LogP contribution in [0, 0.1) is 0 Å². The highest BCUT2D eigenvalue weighted by Crippen LogP contribution is 2.29. The van der Waals surface area contributed by atoms with E-state index in [4.69, 9.17) is 4.74 Å². The number of halogens is 1. The molecule has 8 nitrogen and oxygen atoms in total. The number of carbonyl (C=O) groups excluding carboxylic acids is 2. The number of hydrogen-bond acceptors (Lipinski definition) is 5. The zero-order valence-electron chi connectivity index (χ0n) is 14.8. The number of benzene rings is 2. The Balaban J connectivity index is 1.50. The summed E-state index contributed by atoms with van der Waals surface area (Å²) in [5.41, 5.74) is 1.44. The quantitative estimate of drug-likeness (QED) is 0.633. The lowest BCUT2D eigenvalue weighted by Crippen LogP contribution is -2.23. The van der Waals surface area contributed by atoms with Crippen LogP contribution in [0.3, 0.4) is 0 Å². The number of amides is 2. The molecule has 2 heterocycles. The number of hydrogen-bond donors (Lipinski definition) is 2. The van der Waals surface area contributed by atoms with Crippen molar-refractivity contribution in [1.82, 2.24) is 14.8 Å². The standard InChI is InChI=1S/C19H16BrN5O3/c1-28-14-8-2-11(3-9-14)17-22-19-23-18(27)15(25(19)24-17)10-16(26)21-13-6-4-12(20)5-7-13/h2-9,15H,10H2,1H3,(H,21,26)(H,22,23,24,27). The minimum Gasteiger partial charge on any atom is -0.497 e. The van der Waals surface area contributed by atoms with Crippen molar-refractivity contribution in [2.75, 3.05) is 17.7 Å². The van der Waals surface area contributed by atoms with Gasteiger partial charge in [0.25, 0.3) is 5.91 Å². The summed E-state index contributed by atoms with van der Waals surface area (Å²) >= 11 is 3.35. The predicted octanol–water partition coefficient (Wildman–Crippen LogP) is 3.24. The van der Waals surface area contributed by atoms with Crippen molar-refractivity contribution in [3.8, 4) is 17.1 Å². The smallest absolute Gasteiger partial charge is 0.252 e. The van der Waals surface area contributed by atoms with Crippen molar-refractivity contribution < 1.29 is 14.3 Å². The maximum Gasteiger partial charge on any atom is 0.252 e. The van der Waals surface area contributed by atoms with Crippen molar-refractivity contribution in [3.63, 3.8) is 0 Å². The van der Waals surface area contributed by atoms with Crippen LogP contribution in [-0.4, -0.2) is 33.7 Å². The van der Waals surface area contributed by atoms with E-state index in [0.717, 1.165) is 15.8 Å². The van der Waals surface area contributed by atoms with Crippen molar-refractivity contribution in [2.24, 2.45) is 0 Å². The summed E-state index contributed by atoms with van der Waals surface area (Å²) in [5.74, 6) is 0.943. The molecular formula is C19H16BrN5O3. The lowest BCUT2D eigenvalue weighted by molar-refractivity contribution is -0.123. The SMILES string of the molecule is COc1ccc(-c2nc3n(n2)C(CC(=O)Nc2ccc(Br)cc2)C(=O)N3)cc1. The van der Waals surface area contributed by atoms with Gasteiger partial charge in [-0.3, -0.25) is 14.9 Å². The molecule has 2 N–H and O–H groups in total. The Hall–Kier alpha value is -3.20. The van der Waals surface area contributed by atoms with Gasteiger partial charge in [-0.15, -0.1) is 5.10 Å². The summed E-state index contributed by atoms with van der Waals surface area (Å²) < 4.78 is 7.52. The molecule has 2 aromatic carbocycles. The molecule has 0 bridgehead atoms. The van der Waals surface area contributed by atoms with E-state index in [1.807, 2.05) is 36.4 Å². The van der Waals surface area contributed by atoms with E-state index >= 15 is 0 Å². The molecule has 4 rings (SSSR count). The van der Waals surface area contributed by atoms with Gasteiger partial charge in [0.05, 0.1) is 13.5 Å². The number of carbonyl (C=O) groups is 2. The molecule has 1 unspecified atom stereocenters. The molecular weight excluding hydrogens is 426 g/mol. The molecule has 0 fully saturated rings. The van der Waals surface area contributed by atoms with Gasteiger partial charge in [0, 0.05) is 15.7 Å². The number of nitrogens with zero attached hydrogens (tertiary/aromatic N) is 3. The van der Waals surface area contributed by atoms with Crippen molar-refractivity contribution >= 4 is 39.4 Å². The summed E-state index contributed by atoms with van der Waals surface area (Å²) in [4.78, 5) is 29.0. The third kappa shape index (κ3) is 3.61. The molecule has 0 radical (unpaired) electrons. The Kier molecular flexibility index (Phi) is 4.82. The molecule has 3 aromatic rings. The summed E-state index contributed by atoms with van der Waals surface area (Å²) in [5, 5.41) is 9.88. The maximum atomic E-state index is 12.4. The lowest BCUT2D eigenvalue weighted by atomic mass is 10.2. The Morgan fingerprint density at radius 3 is 2.61 bits per heavy atom. The van der Waals surface area contributed by atoms with Crippen LogP contribution >= 0.6 is 15.9 Å². The van der Waals surface area contributed by atoms with Crippen molar-refractivity contribution in [1.29, 1.82) is 0 Å². The highest BCUT2D eigenvalue weighted by Gasteiger charge is 2.35. The second-order valence-electron chi connectivity index (χ2n) is 6.20. The van der Waals surface area contributed by atoms with Crippen LogP contribution in [-0.2, 0) is 9.59 Å². The maximum absolute atomic E-state index is 12.4. The van der Waals surface area contributed by atoms with E-state index in [1.165, 1.54) is 4.68 Å². The molecule has 9 heteroatoms. The van der Waals surface area contributed by atoms with E-state index in [1.54, 1.807) is 19.2 Å². The van der Waals surface area contributed by atoms with E-state index in [9.17, 15) is 9.59 Å². The van der Waals surface area contributed by atoms with Crippen LogP contribution in [0.4, 0.5) is 11.6 Å². The number of anilines is 2. The molecule has 1 atom stereocenters. The number of methoxy groups -OCH3 is 1. The molecule has 0 spiro atoms. The van der Waals surface area contributed by atoms with Gasteiger partial charge in [-0.25, -0.2) is 4.68 Å².